The molecule has 0 bridgehead atoms. The van der Waals surface area contributed by atoms with Crippen LogP contribution in [0.3, 0.4) is 0 Å². The lowest BCUT2D eigenvalue weighted by atomic mass is 9.98. The molecule has 0 aliphatic carbocycles. The molecule has 0 aliphatic rings. The minimum Gasteiger partial charge on any atom is -0.494 e. The van der Waals surface area contributed by atoms with Gasteiger partial charge in [-0.25, -0.2) is 4.79 Å². The van der Waals surface area contributed by atoms with Crippen molar-refractivity contribution in [2.45, 2.75) is 51.8 Å². The van der Waals surface area contributed by atoms with Gasteiger partial charge in [-0.05, 0) is 84.6 Å². The number of anilines is 1. The first-order valence-electron chi connectivity index (χ1n) is 14.5. The van der Waals surface area contributed by atoms with Crippen LogP contribution >= 0.6 is 0 Å². The van der Waals surface area contributed by atoms with Gasteiger partial charge >= 0.3 is 18.3 Å². The van der Waals surface area contributed by atoms with Crippen LogP contribution in [0.25, 0.3) is 0 Å². The minimum atomic E-state index is -4.52. The molecule has 0 radical (unpaired) electrons. The molecule has 2 N–H and O–H groups in total. The van der Waals surface area contributed by atoms with Crippen molar-refractivity contribution in [3.05, 3.63) is 130 Å². The molecule has 1 atom stereocenters. The average molecular weight is 659 g/mol. The summed E-state index contributed by atoms with van der Waals surface area (Å²) in [6, 6.07) is 19.9. The fourth-order valence-electron chi connectivity index (χ4n) is 4.96. The summed E-state index contributed by atoms with van der Waals surface area (Å²) in [6.07, 6.45) is -9.03. The van der Waals surface area contributed by atoms with Crippen LogP contribution in [0.15, 0.2) is 91.0 Å². The zero-order valence-electron chi connectivity index (χ0n) is 25.5. The first-order chi connectivity index (χ1) is 22.1. The van der Waals surface area contributed by atoms with Gasteiger partial charge in [0.05, 0.1) is 17.7 Å². The smallest absolute Gasteiger partial charge is 0.416 e. The molecular weight excluding hydrogens is 626 g/mol. The molecule has 0 saturated heterocycles. The number of carbonyl (C=O) groups is 2. The highest BCUT2D eigenvalue weighted by Gasteiger charge is 2.31. The van der Waals surface area contributed by atoms with E-state index >= 15 is 0 Å². The molecule has 0 aromatic heterocycles. The minimum absolute atomic E-state index is 0.000115. The Morgan fingerprint density at radius 1 is 0.745 bits per heavy atom. The van der Waals surface area contributed by atoms with E-state index in [9.17, 15) is 41.0 Å². The summed E-state index contributed by atoms with van der Waals surface area (Å²) in [5.41, 5.74) is 1.35. The van der Waals surface area contributed by atoms with Crippen LogP contribution in [0.4, 0.5) is 32.0 Å². The maximum absolute atomic E-state index is 13.2. The largest absolute Gasteiger partial charge is 0.494 e. The molecule has 0 saturated carbocycles. The van der Waals surface area contributed by atoms with E-state index < -0.39 is 41.4 Å². The van der Waals surface area contributed by atoms with Crippen molar-refractivity contribution in [2.75, 3.05) is 11.5 Å². The number of ether oxygens (including phenoxy) is 1. The first-order valence-corrected chi connectivity index (χ1v) is 14.5. The number of para-hydroxylation sites is 1. The summed E-state index contributed by atoms with van der Waals surface area (Å²) in [5, 5.41) is 12.2. The summed E-state index contributed by atoms with van der Waals surface area (Å²) < 4.78 is 84.4. The Labute approximate surface area is 267 Å². The molecule has 0 heterocycles. The fourth-order valence-corrected chi connectivity index (χ4v) is 4.96. The Balaban J connectivity index is 1.57. The lowest BCUT2D eigenvalue weighted by Gasteiger charge is -2.28. The molecule has 6 nitrogen and oxygen atoms in total. The number of benzene rings is 4. The van der Waals surface area contributed by atoms with Gasteiger partial charge in [0.15, 0.2) is 0 Å². The van der Waals surface area contributed by atoms with Crippen molar-refractivity contribution >= 4 is 17.6 Å². The summed E-state index contributed by atoms with van der Waals surface area (Å²) in [5.74, 6) is -1.30. The van der Waals surface area contributed by atoms with Crippen LogP contribution in [-0.2, 0) is 30.2 Å². The summed E-state index contributed by atoms with van der Waals surface area (Å²) in [4.78, 5) is 26.9. The Bertz CT molecular complexity index is 1610. The standard InChI is InChI=1S/C35H32F6N2O4/c1-22-23(2)31(17-16-29(22)32(44)42-30(33(45)46)18-19-47-28-6-4-3-5-7-28)43(20-24-8-12-26(13-9-24)34(36,37)38)21-25-10-14-27(15-11-25)35(39,40)41/h3-17,30H,18-21H2,1-2H3,(H,42,44)(H,45,46). The Kier molecular flexibility index (Phi) is 10.8. The third kappa shape index (κ3) is 9.27. The average Bonchev–Trinajstić information content (AvgIpc) is 3.01. The number of carboxylic acids is 1. The summed E-state index contributed by atoms with van der Waals surface area (Å²) in [7, 11) is 0. The highest BCUT2D eigenvalue weighted by molar-refractivity contribution is 5.98. The van der Waals surface area contributed by atoms with Crippen LogP contribution in [0.5, 0.6) is 5.75 Å². The van der Waals surface area contributed by atoms with Gasteiger partial charge in [-0.1, -0.05) is 42.5 Å². The van der Waals surface area contributed by atoms with Crippen molar-refractivity contribution < 1.29 is 45.8 Å². The van der Waals surface area contributed by atoms with Crippen molar-refractivity contribution in [1.82, 2.24) is 5.32 Å². The van der Waals surface area contributed by atoms with E-state index in [4.69, 9.17) is 4.74 Å². The number of carbonyl (C=O) groups excluding carboxylic acids is 1. The molecule has 1 unspecified atom stereocenters. The van der Waals surface area contributed by atoms with Gasteiger partial charge in [-0.3, -0.25) is 4.79 Å². The topological polar surface area (TPSA) is 78.9 Å². The number of halogens is 6. The van der Waals surface area contributed by atoms with Gasteiger partial charge in [0.2, 0.25) is 0 Å². The van der Waals surface area contributed by atoms with E-state index in [0.717, 1.165) is 24.3 Å². The van der Waals surface area contributed by atoms with Gasteiger partial charge in [-0.15, -0.1) is 0 Å². The van der Waals surface area contributed by atoms with E-state index in [-0.39, 0.29) is 31.7 Å². The van der Waals surface area contributed by atoms with Crippen LogP contribution in [0, 0.1) is 13.8 Å². The summed E-state index contributed by atoms with van der Waals surface area (Å²) >= 11 is 0. The van der Waals surface area contributed by atoms with Crippen LogP contribution in [0.2, 0.25) is 0 Å². The predicted molar refractivity (Wildman–Crippen MR) is 164 cm³/mol. The van der Waals surface area contributed by atoms with Crippen molar-refractivity contribution in [3.8, 4) is 5.75 Å². The van der Waals surface area contributed by atoms with Gasteiger partial charge in [0.1, 0.15) is 11.8 Å². The Hall–Kier alpha value is -5.00. The molecule has 47 heavy (non-hydrogen) atoms. The molecular formula is C35H32F6N2O4. The molecule has 1 amide bonds. The second-order valence-corrected chi connectivity index (χ2v) is 10.9. The van der Waals surface area contributed by atoms with E-state index in [2.05, 4.69) is 5.32 Å². The molecule has 4 aromatic rings. The van der Waals surface area contributed by atoms with Crippen molar-refractivity contribution in [2.24, 2.45) is 0 Å². The number of rotatable bonds is 12. The molecule has 0 fully saturated rings. The normalized spacial score (nSPS) is 12.3. The van der Waals surface area contributed by atoms with Gasteiger partial charge < -0.3 is 20.1 Å². The SMILES string of the molecule is Cc1c(C(=O)NC(CCOc2ccccc2)C(=O)O)ccc(N(Cc2ccc(C(F)(F)F)cc2)Cc2ccc(C(F)(F)F)cc2)c1C. The maximum atomic E-state index is 13.2. The first kappa shape index (κ1) is 34.9. The number of carboxylic acid groups (broad SMARTS) is 1. The molecule has 12 heteroatoms. The highest BCUT2D eigenvalue weighted by Crippen LogP contribution is 2.33. The van der Waals surface area contributed by atoms with Crippen molar-refractivity contribution in [3.63, 3.8) is 0 Å². The number of nitrogens with one attached hydrogen (secondary N) is 1. The zero-order chi connectivity index (χ0) is 34.4. The maximum Gasteiger partial charge on any atom is 0.416 e. The number of nitrogens with zero attached hydrogens (tertiary/aromatic N) is 1. The molecule has 248 valence electrons. The Morgan fingerprint density at radius 2 is 1.26 bits per heavy atom. The van der Waals surface area contributed by atoms with E-state index in [1.165, 1.54) is 30.3 Å². The van der Waals surface area contributed by atoms with E-state index in [1.807, 2.05) is 6.07 Å². The fraction of sp³-hybridized carbons (Fsp3) is 0.257. The second-order valence-electron chi connectivity index (χ2n) is 10.9. The van der Waals surface area contributed by atoms with Crippen LogP contribution < -0.4 is 15.0 Å². The van der Waals surface area contributed by atoms with Crippen LogP contribution in [-0.4, -0.2) is 29.6 Å². The lowest BCUT2D eigenvalue weighted by Crippen LogP contribution is -2.42. The molecule has 0 aliphatic heterocycles. The van der Waals surface area contributed by atoms with E-state index in [0.29, 0.717) is 33.7 Å². The van der Waals surface area contributed by atoms with Crippen LogP contribution in [0.1, 0.15) is 50.2 Å². The number of amides is 1. The number of hydrogen-bond acceptors (Lipinski definition) is 4. The highest BCUT2D eigenvalue weighted by atomic mass is 19.4. The molecule has 0 spiro atoms. The number of aliphatic carboxylic acids is 1. The van der Waals surface area contributed by atoms with Gasteiger partial charge in [-0.2, -0.15) is 26.3 Å². The van der Waals surface area contributed by atoms with Gasteiger partial charge in [0, 0.05) is 30.8 Å². The zero-order valence-corrected chi connectivity index (χ0v) is 25.5. The predicted octanol–water partition coefficient (Wildman–Crippen LogP) is 8.20. The third-order valence-electron chi connectivity index (χ3n) is 7.68. The number of hydrogen-bond donors (Lipinski definition) is 2. The number of alkyl halides is 6. The van der Waals surface area contributed by atoms with Gasteiger partial charge in [0.25, 0.3) is 5.91 Å². The molecule has 4 rings (SSSR count). The quantitative estimate of drug-likeness (QED) is 0.150. The second kappa shape index (κ2) is 14.6. The lowest BCUT2D eigenvalue weighted by molar-refractivity contribution is -0.140. The van der Waals surface area contributed by atoms with Crippen molar-refractivity contribution in [1.29, 1.82) is 0 Å². The molecule has 4 aromatic carbocycles. The van der Waals surface area contributed by atoms with E-state index in [1.54, 1.807) is 49.1 Å². The monoisotopic (exact) mass is 658 g/mol. The Morgan fingerprint density at radius 3 is 1.72 bits per heavy atom. The third-order valence-corrected chi connectivity index (χ3v) is 7.68. The summed E-state index contributed by atoms with van der Waals surface area (Å²) in [6.45, 7) is 3.66.